The number of nitrogens with one attached hydrogen (secondary N) is 1. The Morgan fingerprint density at radius 3 is 2.36 bits per heavy atom. The van der Waals surface area contributed by atoms with E-state index in [0.29, 0.717) is 12.1 Å². The van der Waals surface area contributed by atoms with E-state index in [1.165, 1.54) is 51.9 Å². The summed E-state index contributed by atoms with van der Waals surface area (Å²) >= 11 is 0. The normalized spacial score (nSPS) is 21.6. The Kier molecular flexibility index (Phi) is 13.0. The van der Waals surface area contributed by atoms with Crippen LogP contribution < -0.4 is 5.32 Å². The Balaban J connectivity index is 0.00000392. The van der Waals surface area contributed by atoms with Crippen LogP contribution in [0.15, 0.2) is 4.99 Å². The number of piperidine rings is 1. The molecule has 0 aromatic carbocycles. The molecule has 0 saturated carbocycles. The third-order valence-electron chi connectivity index (χ3n) is 6.05. The second-order valence-electron chi connectivity index (χ2n) is 8.98. The highest BCUT2D eigenvalue weighted by atomic mass is 127. The quantitative estimate of drug-likeness (QED) is 0.222. The summed E-state index contributed by atoms with van der Waals surface area (Å²) in [6, 6.07) is 1.22. The highest BCUT2D eigenvalue weighted by molar-refractivity contribution is 14.0. The second kappa shape index (κ2) is 14.0. The van der Waals surface area contributed by atoms with Gasteiger partial charge in [0.15, 0.2) is 5.96 Å². The number of likely N-dealkylation sites (tertiary alicyclic amines) is 2. The van der Waals surface area contributed by atoms with Gasteiger partial charge in [-0.25, -0.2) is 0 Å². The largest absolute Gasteiger partial charge is 0.357 e. The molecule has 2 saturated heterocycles. The lowest BCUT2D eigenvalue weighted by Crippen LogP contribution is -2.41. The van der Waals surface area contributed by atoms with Crippen molar-refractivity contribution in [2.24, 2.45) is 10.9 Å². The SMILES string of the molecule is CCNC(=NCCCN(C(C)C)C(C)C)N1CCC(CN2CCCCC2)C1.I. The number of hydrogen-bond donors (Lipinski definition) is 1. The minimum Gasteiger partial charge on any atom is -0.357 e. The molecule has 0 spiro atoms. The Bertz CT molecular complexity index is 427. The molecule has 166 valence electrons. The van der Waals surface area contributed by atoms with Crippen molar-refractivity contribution >= 4 is 29.9 Å². The average Bonchev–Trinajstić information content (AvgIpc) is 3.09. The van der Waals surface area contributed by atoms with E-state index in [-0.39, 0.29) is 24.0 Å². The number of guanidine groups is 1. The lowest BCUT2D eigenvalue weighted by molar-refractivity contribution is 0.174. The summed E-state index contributed by atoms with van der Waals surface area (Å²) in [5.41, 5.74) is 0. The number of halogens is 1. The maximum atomic E-state index is 4.96. The summed E-state index contributed by atoms with van der Waals surface area (Å²) in [4.78, 5) is 12.7. The molecule has 2 fully saturated rings. The fraction of sp³-hybridized carbons (Fsp3) is 0.955. The first kappa shape index (κ1) is 26.0. The van der Waals surface area contributed by atoms with Gasteiger partial charge in [-0.2, -0.15) is 0 Å². The van der Waals surface area contributed by atoms with Gasteiger partial charge in [-0.1, -0.05) is 6.42 Å². The van der Waals surface area contributed by atoms with Gasteiger partial charge in [0.2, 0.25) is 0 Å². The van der Waals surface area contributed by atoms with Crippen molar-refractivity contribution < 1.29 is 0 Å². The fourth-order valence-corrected chi connectivity index (χ4v) is 4.66. The van der Waals surface area contributed by atoms with Gasteiger partial charge in [-0.15, -0.1) is 24.0 Å². The minimum atomic E-state index is 0. The molecule has 0 amide bonds. The van der Waals surface area contributed by atoms with Gasteiger partial charge >= 0.3 is 0 Å². The van der Waals surface area contributed by atoms with Crippen LogP contribution >= 0.6 is 24.0 Å². The summed E-state index contributed by atoms with van der Waals surface area (Å²) in [6.45, 7) is 20.6. The molecule has 2 aliphatic heterocycles. The third-order valence-corrected chi connectivity index (χ3v) is 6.05. The fourth-order valence-electron chi connectivity index (χ4n) is 4.66. The Morgan fingerprint density at radius 1 is 1.07 bits per heavy atom. The average molecular weight is 508 g/mol. The molecule has 0 aliphatic carbocycles. The molecule has 2 rings (SSSR count). The van der Waals surface area contributed by atoms with Gasteiger partial charge < -0.3 is 15.1 Å². The molecule has 0 radical (unpaired) electrons. The van der Waals surface area contributed by atoms with Crippen LogP contribution in [0.3, 0.4) is 0 Å². The summed E-state index contributed by atoms with van der Waals surface area (Å²) in [6.07, 6.45) is 6.66. The predicted octanol–water partition coefficient (Wildman–Crippen LogP) is 3.89. The summed E-state index contributed by atoms with van der Waals surface area (Å²) in [5.74, 6) is 1.95. The molecule has 5 nitrogen and oxygen atoms in total. The molecule has 1 atom stereocenters. The van der Waals surface area contributed by atoms with E-state index in [1.54, 1.807) is 0 Å². The molecule has 28 heavy (non-hydrogen) atoms. The van der Waals surface area contributed by atoms with E-state index in [9.17, 15) is 0 Å². The first-order valence-corrected chi connectivity index (χ1v) is 11.5. The van der Waals surface area contributed by atoms with Gasteiger partial charge in [0.05, 0.1) is 0 Å². The maximum absolute atomic E-state index is 4.96. The molecule has 0 aromatic heterocycles. The molecule has 2 aliphatic rings. The van der Waals surface area contributed by atoms with Crippen LogP contribution in [0, 0.1) is 5.92 Å². The molecule has 1 N–H and O–H groups in total. The van der Waals surface area contributed by atoms with Crippen molar-refractivity contribution in [3.05, 3.63) is 0 Å². The van der Waals surface area contributed by atoms with Gasteiger partial charge in [-0.3, -0.25) is 9.89 Å². The van der Waals surface area contributed by atoms with Crippen molar-refractivity contribution in [2.45, 2.75) is 78.8 Å². The van der Waals surface area contributed by atoms with Crippen LogP contribution in [0.5, 0.6) is 0 Å². The number of aliphatic imine (C=N–C) groups is 1. The standard InChI is InChI=1S/C22H45N5.HI/c1-6-23-22(24-12-10-15-27(19(2)3)20(4)5)26-16-11-21(18-26)17-25-13-8-7-9-14-25;/h19-21H,6-18H2,1-5H3,(H,23,24);1H. The van der Waals surface area contributed by atoms with Gasteiger partial charge in [0, 0.05) is 51.4 Å². The summed E-state index contributed by atoms with van der Waals surface area (Å²) in [7, 11) is 0. The Morgan fingerprint density at radius 2 is 1.75 bits per heavy atom. The topological polar surface area (TPSA) is 34.1 Å². The Hall–Kier alpha value is -0.0800. The maximum Gasteiger partial charge on any atom is 0.193 e. The van der Waals surface area contributed by atoms with Crippen LogP contribution in [-0.4, -0.2) is 85.1 Å². The van der Waals surface area contributed by atoms with Crippen molar-refractivity contribution in [3.8, 4) is 0 Å². The molecule has 1 unspecified atom stereocenters. The minimum absolute atomic E-state index is 0. The van der Waals surface area contributed by atoms with Crippen LogP contribution in [0.25, 0.3) is 0 Å². The smallest absolute Gasteiger partial charge is 0.193 e. The third kappa shape index (κ3) is 8.74. The van der Waals surface area contributed by atoms with Crippen LogP contribution in [0.1, 0.15) is 66.7 Å². The zero-order valence-corrected chi connectivity index (χ0v) is 21.5. The van der Waals surface area contributed by atoms with E-state index in [1.807, 2.05) is 0 Å². The predicted molar refractivity (Wildman–Crippen MR) is 133 cm³/mol. The zero-order chi connectivity index (χ0) is 19.6. The molecule has 0 bridgehead atoms. The van der Waals surface area contributed by atoms with Crippen molar-refractivity contribution in [1.82, 2.24) is 20.0 Å². The van der Waals surface area contributed by atoms with Crippen LogP contribution in [-0.2, 0) is 0 Å². The number of hydrogen-bond acceptors (Lipinski definition) is 3. The second-order valence-corrected chi connectivity index (χ2v) is 8.98. The molecule has 0 aromatic rings. The summed E-state index contributed by atoms with van der Waals surface area (Å²) in [5, 5.41) is 3.53. The van der Waals surface area contributed by atoms with E-state index < -0.39 is 0 Å². The van der Waals surface area contributed by atoms with Crippen molar-refractivity contribution in [3.63, 3.8) is 0 Å². The lowest BCUT2D eigenvalue weighted by atomic mass is 10.1. The van der Waals surface area contributed by atoms with Crippen LogP contribution in [0.4, 0.5) is 0 Å². The summed E-state index contributed by atoms with van der Waals surface area (Å²) < 4.78 is 0. The zero-order valence-electron chi connectivity index (χ0n) is 19.1. The van der Waals surface area contributed by atoms with E-state index in [4.69, 9.17) is 4.99 Å². The van der Waals surface area contributed by atoms with E-state index >= 15 is 0 Å². The molecule has 2 heterocycles. The lowest BCUT2D eigenvalue weighted by Gasteiger charge is -2.30. The van der Waals surface area contributed by atoms with Crippen molar-refractivity contribution in [1.29, 1.82) is 0 Å². The van der Waals surface area contributed by atoms with Gasteiger partial charge in [0.1, 0.15) is 0 Å². The highest BCUT2D eigenvalue weighted by Gasteiger charge is 2.26. The van der Waals surface area contributed by atoms with Crippen molar-refractivity contribution in [2.75, 3.05) is 52.4 Å². The molecular weight excluding hydrogens is 461 g/mol. The van der Waals surface area contributed by atoms with Crippen LogP contribution in [0.2, 0.25) is 0 Å². The molecular formula is C22H46IN5. The molecule has 6 heteroatoms. The van der Waals surface area contributed by atoms with E-state index in [2.05, 4.69) is 54.6 Å². The highest BCUT2D eigenvalue weighted by Crippen LogP contribution is 2.20. The number of nitrogens with zero attached hydrogens (tertiary/aromatic N) is 4. The first-order valence-electron chi connectivity index (χ1n) is 11.5. The first-order chi connectivity index (χ1) is 13.0. The van der Waals surface area contributed by atoms with Gasteiger partial charge in [-0.05, 0) is 79.3 Å². The van der Waals surface area contributed by atoms with E-state index in [0.717, 1.165) is 44.5 Å². The number of rotatable bonds is 9. The Labute approximate surface area is 191 Å². The van der Waals surface area contributed by atoms with Gasteiger partial charge in [0.25, 0.3) is 0 Å². The monoisotopic (exact) mass is 507 g/mol.